The average molecular weight is 336 g/mol. The first-order valence-corrected chi connectivity index (χ1v) is 8.11. The minimum atomic E-state index is 0. The van der Waals surface area contributed by atoms with Crippen LogP contribution in [0, 0.1) is 11.3 Å². The number of carbonyl (C=O) groups excluding carboxylic acids is 1. The molecule has 0 bridgehead atoms. The summed E-state index contributed by atoms with van der Waals surface area (Å²) in [4.78, 5) is 16.9. The van der Waals surface area contributed by atoms with Gasteiger partial charge in [0.1, 0.15) is 5.52 Å². The number of anilines is 1. The molecule has 4 rings (SSSR count). The highest BCUT2D eigenvalue weighted by atomic mass is 35.5. The van der Waals surface area contributed by atoms with Crippen molar-refractivity contribution in [3.8, 4) is 0 Å². The molecule has 2 heterocycles. The SMILES string of the molecule is CCc1nc2cc(NC(=O)C3CC34CCNCC4)ccc2o1.Cl. The van der Waals surface area contributed by atoms with Gasteiger partial charge in [0, 0.05) is 18.0 Å². The molecule has 23 heavy (non-hydrogen) atoms. The Morgan fingerprint density at radius 3 is 2.96 bits per heavy atom. The maximum absolute atomic E-state index is 12.5. The van der Waals surface area contributed by atoms with E-state index in [0.29, 0.717) is 0 Å². The summed E-state index contributed by atoms with van der Waals surface area (Å²) in [6.45, 7) is 4.09. The molecule has 1 aliphatic heterocycles. The Morgan fingerprint density at radius 2 is 2.22 bits per heavy atom. The molecule has 6 heteroatoms. The number of rotatable bonds is 3. The molecule has 5 nitrogen and oxygen atoms in total. The molecule has 2 N–H and O–H groups in total. The molecule has 0 radical (unpaired) electrons. The number of aryl methyl sites for hydroxylation is 1. The molecule has 1 atom stereocenters. The van der Waals surface area contributed by atoms with Crippen molar-refractivity contribution in [2.75, 3.05) is 18.4 Å². The van der Waals surface area contributed by atoms with Crippen molar-refractivity contribution in [2.24, 2.45) is 11.3 Å². The number of piperidine rings is 1. The number of amides is 1. The number of halogens is 1. The quantitative estimate of drug-likeness (QED) is 0.904. The van der Waals surface area contributed by atoms with Crippen LogP contribution >= 0.6 is 12.4 Å². The van der Waals surface area contributed by atoms with Crippen LogP contribution in [0.4, 0.5) is 5.69 Å². The number of hydrogen-bond donors (Lipinski definition) is 2. The molecule has 1 saturated carbocycles. The maximum Gasteiger partial charge on any atom is 0.228 e. The van der Waals surface area contributed by atoms with Gasteiger partial charge in [-0.25, -0.2) is 4.98 Å². The standard InChI is InChI=1S/C17H21N3O2.ClH/c1-2-15-20-13-9-11(3-4-14(13)22-15)19-16(21)12-10-17(12)5-7-18-8-6-17;/h3-4,9,12,18H,2,5-8,10H2,1H3,(H,19,21);1H. The third kappa shape index (κ3) is 2.95. The van der Waals surface area contributed by atoms with Crippen molar-refractivity contribution in [3.05, 3.63) is 24.1 Å². The van der Waals surface area contributed by atoms with E-state index in [-0.39, 0.29) is 29.6 Å². The zero-order valence-corrected chi connectivity index (χ0v) is 14.0. The first-order chi connectivity index (χ1) is 10.7. The number of aromatic nitrogens is 1. The highest BCUT2D eigenvalue weighted by Gasteiger charge is 2.57. The Morgan fingerprint density at radius 1 is 1.43 bits per heavy atom. The second-order valence-corrected chi connectivity index (χ2v) is 6.50. The number of nitrogens with zero attached hydrogens (tertiary/aromatic N) is 1. The van der Waals surface area contributed by atoms with Crippen molar-refractivity contribution in [1.82, 2.24) is 10.3 Å². The lowest BCUT2D eigenvalue weighted by Crippen LogP contribution is -2.31. The van der Waals surface area contributed by atoms with Crippen LogP contribution in [-0.2, 0) is 11.2 Å². The van der Waals surface area contributed by atoms with Crippen molar-refractivity contribution < 1.29 is 9.21 Å². The zero-order valence-electron chi connectivity index (χ0n) is 13.2. The van der Waals surface area contributed by atoms with E-state index in [0.717, 1.165) is 61.5 Å². The van der Waals surface area contributed by atoms with Gasteiger partial charge in [0.25, 0.3) is 0 Å². The van der Waals surface area contributed by atoms with E-state index in [1.165, 1.54) is 0 Å². The number of fused-ring (bicyclic) bond motifs is 1. The first-order valence-electron chi connectivity index (χ1n) is 8.11. The fourth-order valence-corrected chi connectivity index (χ4v) is 3.63. The molecule has 1 aliphatic carbocycles. The van der Waals surface area contributed by atoms with Crippen LogP contribution in [0.5, 0.6) is 0 Å². The van der Waals surface area contributed by atoms with Gasteiger partial charge in [-0.1, -0.05) is 6.92 Å². The molecule has 1 saturated heterocycles. The monoisotopic (exact) mass is 335 g/mol. The lowest BCUT2D eigenvalue weighted by Gasteiger charge is -2.23. The van der Waals surface area contributed by atoms with Crippen molar-refractivity contribution in [1.29, 1.82) is 0 Å². The Bertz CT molecular complexity index is 722. The molecule has 1 aromatic heterocycles. The zero-order chi connectivity index (χ0) is 15.2. The lowest BCUT2D eigenvalue weighted by molar-refractivity contribution is -0.118. The molecule has 2 aromatic rings. The van der Waals surface area contributed by atoms with Gasteiger partial charge in [0.05, 0.1) is 0 Å². The van der Waals surface area contributed by atoms with Gasteiger partial charge in [-0.3, -0.25) is 4.79 Å². The van der Waals surface area contributed by atoms with Crippen LogP contribution in [-0.4, -0.2) is 24.0 Å². The van der Waals surface area contributed by atoms with E-state index in [1.807, 2.05) is 25.1 Å². The van der Waals surface area contributed by atoms with Gasteiger partial charge < -0.3 is 15.1 Å². The van der Waals surface area contributed by atoms with Gasteiger partial charge in [-0.15, -0.1) is 12.4 Å². The fraction of sp³-hybridized carbons (Fsp3) is 0.529. The third-order valence-electron chi connectivity index (χ3n) is 5.11. The molecule has 1 amide bonds. The molecule has 124 valence electrons. The molecule has 1 spiro atoms. The van der Waals surface area contributed by atoms with Crippen LogP contribution in [0.1, 0.15) is 32.1 Å². The summed E-state index contributed by atoms with van der Waals surface area (Å²) in [5, 5.41) is 6.42. The summed E-state index contributed by atoms with van der Waals surface area (Å²) in [5.74, 6) is 1.06. The normalized spacial score (nSPS) is 21.9. The van der Waals surface area contributed by atoms with Crippen molar-refractivity contribution >= 4 is 35.1 Å². The largest absolute Gasteiger partial charge is 0.441 e. The average Bonchev–Trinajstić information content (AvgIpc) is 3.06. The van der Waals surface area contributed by atoms with Crippen LogP contribution < -0.4 is 10.6 Å². The second-order valence-electron chi connectivity index (χ2n) is 6.50. The highest BCUT2D eigenvalue weighted by Crippen LogP contribution is 2.58. The van der Waals surface area contributed by atoms with Gasteiger partial charge in [-0.05, 0) is 56.0 Å². The van der Waals surface area contributed by atoms with Gasteiger partial charge in [0.2, 0.25) is 5.91 Å². The Balaban J connectivity index is 0.00000156. The topological polar surface area (TPSA) is 67.2 Å². The van der Waals surface area contributed by atoms with Crippen molar-refractivity contribution in [2.45, 2.75) is 32.6 Å². The van der Waals surface area contributed by atoms with Gasteiger partial charge in [-0.2, -0.15) is 0 Å². The molecule has 2 aliphatic rings. The van der Waals surface area contributed by atoms with Crippen LogP contribution in [0.2, 0.25) is 0 Å². The Kier molecular flexibility index (Phi) is 4.34. The minimum absolute atomic E-state index is 0. The fourth-order valence-electron chi connectivity index (χ4n) is 3.63. The Hall–Kier alpha value is -1.59. The molecule has 1 unspecified atom stereocenters. The van der Waals surface area contributed by atoms with E-state index in [9.17, 15) is 4.79 Å². The second kappa shape index (κ2) is 6.13. The van der Waals surface area contributed by atoms with Crippen LogP contribution in [0.25, 0.3) is 11.1 Å². The molecular weight excluding hydrogens is 314 g/mol. The predicted octanol–water partition coefficient (Wildman–Crippen LogP) is 3.14. The van der Waals surface area contributed by atoms with Crippen molar-refractivity contribution in [3.63, 3.8) is 0 Å². The number of oxazole rings is 1. The highest BCUT2D eigenvalue weighted by molar-refractivity contribution is 5.96. The lowest BCUT2D eigenvalue weighted by atomic mass is 9.92. The van der Waals surface area contributed by atoms with E-state index in [2.05, 4.69) is 15.6 Å². The van der Waals surface area contributed by atoms with Gasteiger partial charge in [0.15, 0.2) is 11.5 Å². The summed E-state index contributed by atoms with van der Waals surface area (Å²) in [7, 11) is 0. The summed E-state index contributed by atoms with van der Waals surface area (Å²) >= 11 is 0. The number of benzene rings is 1. The minimum Gasteiger partial charge on any atom is -0.441 e. The first kappa shape index (κ1) is 16.3. The molecule has 2 fully saturated rings. The number of hydrogen-bond acceptors (Lipinski definition) is 4. The predicted molar refractivity (Wildman–Crippen MR) is 91.9 cm³/mol. The summed E-state index contributed by atoms with van der Waals surface area (Å²) in [6, 6.07) is 5.67. The summed E-state index contributed by atoms with van der Waals surface area (Å²) in [6.07, 6.45) is 4.04. The van der Waals surface area contributed by atoms with E-state index >= 15 is 0 Å². The smallest absolute Gasteiger partial charge is 0.228 e. The van der Waals surface area contributed by atoms with E-state index < -0.39 is 0 Å². The molecule has 1 aromatic carbocycles. The third-order valence-corrected chi connectivity index (χ3v) is 5.11. The van der Waals surface area contributed by atoms with E-state index in [1.54, 1.807) is 0 Å². The summed E-state index contributed by atoms with van der Waals surface area (Å²) in [5.41, 5.74) is 2.66. The Labute approximate surface area is 141 Å². The number of carbonyl (C=O) groups is 1. The van der Waals surface area contributed by atoms with E-state index in [4.69, 9.17) is 4.42 Å². The van der Waals surface area contributed by atoms with Crippen LogP contribution in [0.3, 0.4) is 0 Å². The van der Waals surface area contributed by atoms with Crippen LogP contribution in [0.15, 0.2) is 22.6 Å². The van der Waals surface area contributed by atoms with Gasteiger partial charge >= 0.3 is 0 Å². The molecular formula is C17H22ClN3O2. The number of nitrogens with one attached hydrogen (secondary N) is 2. The maximum atomic E-state index is 12.5. The summed E-state index contributed by atoms with van der Waals surface area (Å²) < 4.78 is 5.60.